The number of anilines is 1. The molecular weight excluding hydrogens is 644 g/mol. The number of amides is 4. The van der Waals surface area contributed by atoms with Crippen LogP contribution in [-0.2, 0) is 29.1 Å². The number of phenolic OH excluding ortho intramolecular Hbond substituents is 1. The highest BCUT2D eigenvalue weighted by molar-refractivity contribution is 5.92. The number of para-hydroxylation sites is 1. The number of fused-ring (bicyclic) bond motifs is 2. The molecule has 2 atom stereocenters. The lowest BCUT2D eigenvalue weighted by Crippen LogP contribution is -2.76. The minimum atomic E-state index is -0.845. The molecule has 0 spiro atoms. The van der Waals surface area contributed by atoms with Crippen LogP contribution in [0.2, 0.25) is 0 Å². The van der Waals surface area contributed by atoms with Crippen LogP contribution in [0.15, 0.2) is 84.9 Å². The zero-order valence-corrected chi connectivity index (χ0v) is 29.5. The number of nitrogens with zero attached hydrogens (tertiary/aromatic N) is 7. The van der Waals surface area contributed by atoms with Crippen molar-refractivity contribution in [3.05, 3.63) is 102 Å². The summed E-state index contributed by atoms with van der Waals surface area (Å²) in [5.41, 5.74) is 3.81. The van der Waals surface area contributed by atoms with Crippen molar-refractivity contribution in [1.29, 1.82) is 0 Å². The van der Waals surface area contributed by atoms with E-state index in [0.29, 0.717) is 0 Å². The van der Waals surface area contributed by atoms with E-state index in [1.807, 2.05) is 49.3 Å². The quantitative estimate of drug-likeness (QED) is 0.288. The molecular formula is C39H46N8O4. The van der Waals surface area contributed by atoms with Gasteiger partial charge >= 0.3 is 6.03 Å². The first-order valence-corrected chi connectivity index (χ1v) is 17.7. The number of aromatic hydroxyl groups is 1. The largest absolute Gasteiger partial charge is 0.508 e. The SMILES string of the molecule is CN(C)c1nc2ccccc2cc1CN1CC2N(C(=O)CN(C)N2C(=O)NC2CCN(Cc3ccccc3)CC2)[C@@H](Cc2ccc(O)cc2)C1=O. The third kappa shape index (κ3) is 7.33. The number of carbonyl (C=O) groups excluding carboxylic acids is 3. The first kappa shape index (κ1) is 34.3. The van der Waals surface area contributed by atoms with E-state index in [9.17, 15) is 19.5 Å². The molecule has 1 unspecified atom stereocenters. The standard InChI is InChI=1S/C39H46N8O4/c1-42(2)37-30(22-29-11-7-8-12-33(29)41-37)24-45-25-35-46(34(38(45)50)21-27-13-15-32(48)16-14-27)36(49)26-43(3)47(35)39(51)40-31-17-19-44(20-18-31)23-28-9-5-4-6-10-28/h4-16,22,31,34-35,48H,17-21,23-26H2,1-3H3,(H,40,51)/t34-,35?/m0/s1. The van der Waals surface area contributed by atoms with Gasteiger partial charge in [0.05, 0.1) is 18.6 Å². The predicted molar refractivity (Wildman–Crippen MR) is 195 cm³/mol. The van der Waals surface area contributed by atoms with Gasteiger partial charge in [-0.3, -0.25) is 14.5 Å². The Morgan fingerprint density at radius 3 is 2.35 bits per heavy atom. The fourth-order valence-electron chi connectivity index (χ4n) is 7.68. The first-order valence-electron chi connectivity index (χ1n) is 17.7. The Kier molecular flexibility index (Phi) is 9.79. The van der Waals surface area contributed by atoms with E-state index in [2.05, 4.69) is 40.5 Å². The highest BCUT2D eigenvalue weighted by atomic mass is 16.3. The van der Waals surface area contributed by atoms with Crippen LogP contribution < -0.4 is 10.2 Å². The molecule has 7 rings (SSSR count). The van der Waals surface area contributed by atoms with Gasteiger partial charge in [-0.1, -0.05) is 60.7 Å². The number of benzene rings is 3. The minimum Gasteiger partial charge on any atom is -0.508 e. The molecule has 4 amide bonds. The number of rotatable bonds is 8. The van der Waals surface area contributed by atoms with Crippen LogP contribution in [-0.4, -0.2) is 118 Å². The second-order valence-corrected chi connectivity index (χ2v) is 14.1. The first-order chi connectivity index (χ1) is 24.6. The number of phenols is 1. The second kappa shape index (κ2) is 14.6. The van der Waals surface area contributed by atoms with Crippen molar-refractivity contribution < 1.29 is 19.5 Å². The molecule has 4 heterocycles. The highest BCUT2D eigenvalue weighted by Crippen LogP contribution is 2.31. The summed E-state index contributed by atoms with van der Waals surface area (Å²) in [6, 6.07) is 25.9. The van der Waals surface area contributed by atoms with Crippen LogP contribution in [0.4, 0.5) is 10.6 Å². The molecule has 266 valence electrons. The second-order valence-electron chi connectivity index (χ2n) is 14.1. The molecule has 1 aromatic heterocycles. The van der Waals surface area contributed by atoms with Crippen LogP contribution >= 0.6 is 0 Å². The molecule has 3 aromatic carbocycles. The molecule has 12 heteroatoms. The summed E-state index contributed by atoms with van der Waals surface area (Å²) in [4.78, 5) is 55.2. The number of likely N-dealkylation sites (N-methyl/N-ethyl adjacent to an activating group) is 1. The van der Waals surface area contributed by atoms with Crippen molar-refractivity contribution in [2.45, 2.75) is 50.6 Å². The number of piperidine rings is 1. The number of hydrogen-bond donors (Lipinski definition) is 2. The number of aromatic nitrogens is 1. The van der Waals surface area contributed by atoms with E-state index in [-0.39, 0.29) is 55.7 Å². The lowest BCUT2D eigenvalue weighted by molar-refractivity contribution is -0.187. The van der Waals surface area contributed by atoms with Gasteiger partial charge in [-0.05, 0) is 48.2 Å². The number of hydrazine groups is 1. The lowest BCUT2D eigenvalue weighted by Gasteiger charge is -2.54. The Hall–Kier alpha value is -5.20. The van der Waals surface area contributed by atoms with E-state index in [1.165, 1.54) is 5.56 Å². The summed E-state index contributed by atoms with van der Waals surface area (Å²) in [5.74, 6) is 0.474. The molecule has 3 saturated heterocycles. The predicted octanol–water partition coefficient (Wildman–Crippen LogP) is 3.65. The molecule has 4 aromatic rings. The smallest absolute Gasteiger partial charge is 0.334 e. The number of pyridine rings is 1. The van der Waals surface area contributed by atoms with Gasteiger partial charge in [0, 0.05) is 70.7 Å². The topological polar surface area (TPSA) is 116 Å². The van der Waals surface area contributed by atoms with Crippen molar-refractivity contribution in [1.82, 2.24) is 35.0 Å². The maximum Gasteiger partial charge on any atom is 0.334 e. The third-order valence-electron chi connectivity index (χ3n) is 10.2. The van der Waals surface area contributed by atoms with E-state index < -0.39 is 12.2 Å². The molecule has 3 aliphatic heterocycles. The molecule has 0 radical (unpaired) electrons. The Labute approximate surface area is 298 Å². The monoisotopic (exact) mass is 690 g/mol. The van der Waals surface area contributed by atoms with Gasteiger partial charge in [-0.2, -0.15) is 0 Å². The Morgan fingerprint density at radius 1 is 0.922 bits per heavy atom. The maximum atomic E-state index is 14.5. The minimum absolute atomic E-state index is 0.00977. The average Bonchev–Trinajstić information content (AvgIpc) is 3.11. The summed E-state index contributed by atoms with van der Waals surface area (Å²) in [6.07, 6.45) is 1.16. The van der Waals surface area contributed by atoms with E-state index in [4.69, 9.17) is 4.98 Å². The van der Waals surface area contributed by atoms with Gasteiger partial charge < -0.3 is 25.1 Å². The van der Waals surface area contributed by atoms with Crippen molar-refractivity contribution in [3.8, 4) is 5.75 Å². The number of nitrogens with one attached hydrogen (secondary N) is 1. The fourth-order valence-corrected chi connectivity index (χ4v) is 7.68. The molecule has 0 aliphatic carbocycles. The Morgan fingerprint density at radius 2 is 1.63 bits per heavy atom. The maximum absolute atomic E-state index is 14.5. The zero-order valence-electron chi connectivity index (χ0n) is 29.5. The number of carbonyl (C=O) groups is 3. The third-order valence-corrected chi connectivity index (χ3v) is 10.2. The number of hydrogen-bond acceptors (Lipinski definition) is 8. The van der Waals surface area contributed by atoms with Crippen LogP contribution in [0.3, 0.4) is 0 Å². The number of piperazine rings is 1. The van der Waals surface area contributed by atoms with Crippen LogP contribution in [0.25, 0.3) is 10.9 Å². The fraction of sp³-hybridized carbons (Fsp3) is 0.385. The van der Waals surface area contributed by atoms with Gasteiger partial charge in [-0.15, -0.1) is 0 Å². The lowest BCUT2D eigenvalue weighted by atomic mass is 9.98. The summed E-state index contributed by atoms with van der Waals surface area (Å²) in [5, 5.41) is 17.5. The van der Waals surface area contributed by atoms with Gasteiger partial charge in [0.1, 0.15) is 23.8 Å². The van der Waals surface area contributed by atoms with Gasteiger partial charge in [0.25, 0.3) is 0 Å². The van der Waals surface area contributed by atoms with Crippen LogP contribution in [0, 0.1) is 0 Å². The summed E-state index contributed by atoms with van der Waals surface area (Å²) >= 11 is 0. The zero-order chi connectivity index (χ0) is 35.6. The molecule has 3 aliphatic rings. The molecule has 0 bridgehead atoms. The molecule has 51 heavy (non-hydrogen) atoms. The van der Waals surface area contributed by atoms with Gasteiger partial charge in [0.2, 0.25) is 11.8 Å². The van der Waals surface area contributed by atoms with Gasteiger partial charge in [0.15, 0.2) is 0 Å². The summed E-state index contributed by atoms with van der Waals surface area (Å²) < 4.78 is 0. The molecule has 3 fully saturated rings. The van der Waals surface area contributed by atoms with E-state index in [0.717, 1.165) is 60.3 Å². The summed E-state index contributed by atoms with van der Waals surface area (Å²) in [6.45, 7) is 2.99. The average molecular weight is 691 g/mol. The normalized spacial score (nSPS) is 20.5. The number of urea groups is 1. The van der Waals surface area contributed by atoms with Crippen molar-refractivity contribution in [3.63, 3.8) is 0 Å². The van der Waals surface area contributed by atoms with Crippen LogP contribution in [0.5, 0.6) is 5.75 Å². The summed E-state index contributed by atoms with van der Waals surface area (Å²) in [7, 11) is 5.62. The Balaban J connectivity index is 1.15. The van der Waals surface area contributed by atoms with E-state index >= 15 is 0 Å². The Bertz CT molecular complexity index is 1880. The van der Waals surface area contributed by atoms with Crippen molar-refractivity contribution >= 4 is 34.6 Å². The number of likely N-dealkylation sites (tertiary alicyclic amines) is 1. The van der Waals surface area contributed by atoms with Crippen molar-refractivity contribution in [2.24, 2.45) is 0 Å². The highest BCUT2D eigenvalue weighted by Gasteiger charge is 2.51. The molecule has 2 N–H and O–H groups in total. The molecule has 0 saturated carbocycles. The van der Waals surface area contributed by atoms with E-state index in [1.54, 1.807) is 51.1 Å². The van der Waals surface area contributed by atoms with Crippen molar-refractivity contribution in [2.75, 3.05) is 52.2 Å². The van der Waals surface area contributed by atoms with Gasteiger partial charge in [-0.25, -0.2) is 19.8 Å². The van der Waals surface area contributed by atoms with Crippen LogP contribution in [0.1, 0.15) is 29.5 Å². The molecule has 12 nitrogen and oxygen atoms in total.